The van der Waals surface area contributed by atoms with Gasteiger partial charge in [0, 0.05) is 44.4 Å². The van der Waals surface area contributed by atoms with Gasteiger partial charge in [0.2, 0.25) is 0 Å². The molecule has 0 atom stereocenters. The second-order valence-corrected chi connectivity index (χ2v) is 6.94. The van der Waals surface area contributed by atoms with E-state index >= 15 is 0 Å². The van der Waals surface area contributed by atoms with Gasteiger partial charge in [-0.3, -0.25) is 9.67 Å². The SMILES string of the molecule is CCc1nncn1CCNC(=NC)NCc1c(C)nn(Cc2ccccc2)c1C.I. The summed E-state index contributed by atoms with van der Waals surface area (Å²) >= 11 is 0. The van der Waals surface area contributed by atoms with Crippen molar-refractivity contribution in [2.45, 2.75) is 46.8 Å². The number of rotatable bonds is 8. The van der Waals surface area contributed by atoms with Gasteiger partial charge in [0.1, 0.15) is 12.2 Å². The molecule has 0 radical (unpaired) electrons. The first kappa shape index (κ1) is 23.8. The van der Waals surface area contributed by atoms with E-state index in [-0.39, 0.29) is 24.0 Å². The van der Waals surface area contributed by atoms with Crippen LogP contribution in [0.4, 0.5) is 0 Å². The van der Waals surface area contributed by atoms with Crippen LogP contribution in [0.2, 0.25) is 0 Å². The molecule has 0 aliphatic rings. The van der Waals surface area contributed by atoms with Gasteiger partial charge >= 0.3 is 0 Å². The molecule has 0 spiro atoms. The molecule has 0 unspecified atom stereocenters. The Kier molecular flexibility index (Phi) is 9.28. The van der Waals surface area contributed by atoms with E-state index in [2.05, 4.69) is 80.1 Å². The van der Waals surface area contributed by atoms with E-state index in [1.165, 1.54) is 16.8 Å². The van der Waals surface area contributed by atoms with Crippen molar-refractivity contribution in [1.29, 1.82) is 0 Å². The Morgan fingerprint density at radius 1 is 1.13 bits per heavy atom. The van der Waals surface area contributed by atoms with E-state index in [0.29, 0.717) is 6.54 Å². The molecule has 0 bridgehead atoms. The highest BCUT2D eigenvalue weighted by Gasteiger charge is 2.12. The molecule has 30 heavy (non-hydrogen) atoms. The minimum atomic E-state index is 0. The van der Waals surface area contributed by atoms with Gasteiger partial charge in [-0.25, -0.2) is 0 Å². The van der Waals surface area contributed by atoms with Crippen LogP contribution in [-0.2, 0) is 26.1 Å². The zero-order valence-corrected chi connectivity index (χ0v) is 20.4. The van der Waals surface area contributed by atoms with Crippen LogP contribution in [0.1, 0.15) is 35.3 Å². The molecular formula is C21H31IN8. The predicted molar refractivity (Wildman–Crippen MR) is 130 cm³/mol. The van der Waals surface area contributed by atoms with Gasteiger partial charge in [0.05, 0.1) is 12.2 Å². The highest BCUT2D eigenvalue weighted by atomic mass is 127. The van der Waals surface area contributed by atoms with E-state index < -0.39 is 0 Å². The summed E-state index contributed by atoms with van der Waals surface area (Å²) in [5, 5.41) is 19.6. The van der Waals surface area contributed by atoms with Crippen LogP contribution in [0.5, 0.6) is 0 Å². The number of hydrogen-bond donors (Lipinski definition) is 2. The van der Waals surface area contributed by atoms with Crippen LogP contribution in [0.15, 0.2) is 41.7 Å². The summed E-state index contributed by atoms with van der Waals surface area (Å²) in [6.07, 6.45) is 2.64. The minimum absolute atomic E-state index is 0. The molecule has 0 fully saturated rings. The van der Waals surface area contributed by atoms with Gasteiger partial charge < -0.3 is 15.2 Å². The highest BCUT2D eigenvalue weighted by Crippen LogP contribution is 2.14. The number of guanidine groups is 1. The second-order valence-electron chi connectivity index (χ2n) is 6.94. The van der Waals surface area contributed by atoms with E-state index in [0.717, 1.165) is 43.5 Å². The van der Waals surface area contributed by atoms with E-state index in [9.17, 15) is 0 Å². The first-order valence-corrected chi connectivity index (χ1v) is 10.00. The largest absolute Gasteiger partial charge is 0.355 e. The molecular weight excluding hydrogens is 491 g/mol. The van der Waals surface area contributed by atoms with Crippen LogP contribution in [0.3, 0.4) is 0 Å². The van der Waals surface area contributed by atoms with E-state index in [1.807, 2.05) is 6.07 Å². The number of halogens is 1. The molecule has 2 heterocycles. The Morgan fingerprint density at radius 2 is 1.90 bits per heavy atom. The smallest absolute Gasteiger partial charge is 0.191 e. The molecule has 3 rings (SSSR count). The Balaban J connectivity index is 0.00000320. The summed E-state index contributed by atoms with van der Waals surface area (Å²) < 4.78 is 4.12. The average molecular weight is 522 g/mol. The quantitative estimate of drug-likeness (QED) is 0.270. The van der Waals surface area contributed by atoms with Gasteiger partial charge in [-0.15, -0.1) is 34.2 Å². The first-order valence-electron chi connectivity index (χ1n) is 10.00. The van der Waals surface area contributed by atoms with Gasteiger partial charge in [-0.05, 0) is 19.4 Å². The summed E-state index contributed by atoms with van der Waals surface area (Å²) in [5.74, 6) is 1.76. The average Bonchev–Trinajstić information content (AvgIpc) is 3.29. The van der Waals surface area contributed by atoms with Crippen LogP contribution < -0.4 is 10.6 Å². The number of nitrogens with one attached hydrogen (secondary N) is 2. The fourth-order valence-electron chi connectivity index (χ4n) is 3.33. The van der Waals surface area contributed by atoms with Crippen molar-refractivity contribution in [3.63, 3.8) is 0 Å². The van der Waals surface area contributed by atoms with Gasteiger partial charge in [0.25, 0.3) is 0 Å². The summed E-state index contributed by atoms with van der Waals surface area (Å²) in [6.45, 7) is 9.25. The number of aryl methyl sites for hydroxylation is 2. The van der Waals surface area contributed by atoms with Crippen molar-refractivity contribution in [3.05, 3.63) is 65.0 Å². The number of hydrogen-bond acceptors (Lipinski definition) is 4. The lowest BCUT2D eigenvalue weighted by atomic mass is 10.2. The molecule has 2 aromatic heterocycles. The highest BCUT2D eigenvalue weighted by molar-refractivity contribution is 14.0. The molecule has 1 aromatic carbocycles. The number of benzene rings is 1. The van der Waals surface area contributed by atoms with E-state index in [4.69, 9.17) is 5.10 Å². The van der Waals surface area contributed by atoms with Crippen molar-refractivity contribution in [3.8, 4) is 0 Å². The van der Waals surface area contributed by atoms with Crippen LogP contribution in [-0.4, -0.2) is 44.1 Å². The zero-order chi connectivity index (χ0) is 20.6. The lowest BCUT2D eigenvalue weighted by Crippen LogP contribution is -2.38. The molecule has 0 aliphatic carbocycles. The molecule has 3 aromatic rings. The number of nitrogens with zero attached hydrogens (tertiary/aromatic N) is 6. The molecule has 2 N–H and O–H groups in total. The maximum Gasteiger partial charge on any atom is 0.191 e. The third-order valence-electron chi connectivity index (χ3n) is 5.02. The van der Waals surface area contributed by atoms with E-state index in [1.54, 1.807) is 13.4 Å². The molecule has 162 valence electrons. The summed E-state index contributed by atoms with van der Waals surface area (Å²) in [5.41, 5.74) is 4.66. The first-order chi connectivity index (χ1) is 14.1. The normalized spacial score (nSPS) is 11.3. The molecule has 8 nitrogen and oxygen atoms in total. The number of aliphatic imine (C=N–C) groups is 1. The third kappa shape index (κ3) is 6.04. The summed E-state index contributed by atoms with van der Waals surface area (Å²) in [4.78, 5) is 4.33. The molecule has 0 aliphatic heterocycles. The maximum atomic E-state index is 4.72. The van der Waals surface area contributed by atoms with Gasteiger partial charge in [-0.2, -0.15) is 5.10 Å². The van der Waals surface area contributed by atoms with Crippen molar-refractivity contribution in [2.24, 2.45) is 4.99 Å². The van der Waals surface area contributed by atoms with Crippen LogP contribution in [0, 0.1) is 13.8 Å². The fourth-order valence-corrected chi connectivity index (χ4v) is 3.33. The Labute approximate surface area is 195 Å². The molecule has 0 saturated heterocycles. The predicted octanol–water partition coefficient (Wildman–Crippen LogP) is 2.69. The maximum absolute atomic E-state index is 4.72. The minimum Gasteiger partial charge on any atom is -0.355 e. The van der Waals surface area contributed by atoms with Gasteiger partial charge in [-0.1, -0.05) is 37.3 Å². The van der Waals surface area contributed by atoms with Crippen molar-refractivity contribution in [2.75, 3.05) is 13.6 Å². The third-order valence-corrected chi connectivity index (χ3v) is 5.02. The molecule has 0 saturated carbocycles. The Bertz CT molecular complexity index is 945. The summed E-state index contributed by atoms with van der Waals surface area (Å²) in [7, 11) is 1.78. The second kappa shape index (κ2) is 11.7. The zero-order valence-electron chi connectivity index (χ0n) is 18.1. The Hall–Kier alpha value is -2.43. The lowest BCUT2D eigenvalue weighted by Gasteiger charge is -2.13. The van der Waals surface area contributed by atoms with Crippen LogP contribution >= 0.6 is 24.0 Å². The standard InChI is InChI=1S/C21H30N8.HI/c1-5-20-26-25-15-28(20)12-11-23-21(22-4)24-13-19-16(2)27-29(17(19)3)14-18-9-7-6-8-10-18;/h6-10,15H,5,11-14H2,1-4H3,(H2,22,23,24);1H. The van der Waals surface area contributed by atoms with Crippen molar-refractivity contribution < 1.29 is 0 Å². The van der Waals surface area contributed by atoms with Crippen molar-refractivity contribution >= 4 is 29.9 Å². The Morgan fingerprint density at radius 3 is 2.60 bits per heavy atom. The fraction of sp³-hybridized carbons (Fsp3) is 0.429. The monoisotopic (exact) mass is 522 g/mol. The number of aromatic nitrogens is 5. The topological polar surface area (TPSA) is 84.9 Å². The van der Waals surface area contributed by atoms with Crippen LogP contribution in [0.25, 0.3) is 0 Å². The van der Waals surface area contributed by atoms with Gasteiger partial charge in [0.15, 0.2) is 5.96 Å². The lowest BCUT2D eigenvalue weighted by molar-refractivity contribution is 0.632. The summed E-state index contributed by atoms with van der Waals surface area (Å²) in [6, 6.07) is 10.4. The van der Waals surface area contributed by atoms with Crippen molar-refractivity contribution in [1.82, 2.24) is 35.2 Å². The molecule has 0 amide bonds. The molecule has 9 heteroatoms.